The fraction of sp³-hybridized carbons (Fsp3) is 0.353. The lowest BCUT2D eigenvalue weighted by Gasteiger charge is -2.10. The van der Waals surface area contributed by atoms with Gasteiger partial charge in [-0.2, -0.15) is 0 Å². The van der Waals surface area contributed by atoms with Crippen molar-refractivity contribution in [1.82, 2.24) is 9.88 Å². The van der Waals surface area contributed by atoms with Gasteiger partial charge in [-0.3, -0.25) is 4.98 Å². The van der Waals surface area contributed by atoms with Crippen LogP contribution in [0, 0.1) is 0 Å². The van der Waals surface area contributed by atoms with Crippen LogP contribution in [-0.4, -0.2) is 44.3 Å². The minimum absolute atomic E-state index is 0.563. The number of benzene rings is 1. The Morgan fingerprint density at radius 3 is 2.33 bits per heavy atom. The zero-order valence-electron chi connectivity index (χ0n) is 12.9. The van der Waals surface area contributed by atoms with Gasteiger partial charge in [0.25, 0.3) is 0 Å². The third-order valence-corrected chi connectivity index (χ3v) is 3.03. The molecule has 0 saturated heterocycles. The lowest BCUT2D eigenvalue weighted by molar-refractivity contribution is 0.146. The highest BCUT2D eigenvalue weighted by molar-refractivity contribution is 5.60. The van der Waals surface area contributed by atoms with Gasteiger partial charge < -0.3 is 14.4 Å². The SMILES string of the molecule is COCCOc1ccc(-c2ccc(CN(C)C)cn2)cc1. The number of hydrogen-bond donors (Lipinski definition) is 0. The van der Waals surface area contributed by atoms with Gasteiger partial charge in [-0.15, -0.1) is 0 Å². The van der Waals surface area contributed by atoms with Crippen LogP contribution < -0.4 is 4.74 Å². The summed E-state index contributed by atoms with van der Waals surface area (Å²) < 4.78 is 10.5. The molecule has 1 aromatic heterocycles. The molecule has 0 saturated carbocycles. The quantitative estimate of drug-likeness (QED) is 0.733. The third-order valence-electron chi connectivity index (χ3n) is 3.03. The molecule has 4 nitrogen and oxygen atoms in total. The van der Waals surface area contributed by atoms with E-state index in [1.54, 1.807) is 7.11 Å². The first-order valence-corrected chi connectivity index (χ1v) is 7.01. The van der Waals surface area contributed by atoms with Crippen LogP contribution in [0.2, 0.25) is 0 Å². The van der Waals surface area contributed by atoms with E-state index in [1.807, 2.05) is 30.5 Å². The topological polar surface area (TPSA) is 34.6 Å². The predicted octanol–water partition coefficient (Wildman–Crippen LogP) is 2.84. The Balaban J connectivity index is 2.01. The van der Waals surface area contributed by atoms with Crippen LogP contribution >= 0.6 is 0 Å². The first-order valence-electron chi connectivity index (χ1n) is 7.01. The van der Waals surface area contributed by atoms with E-state index < -0.39 is 0 Å². The number of pyridine rings is 1. The Hall–Kier alpha value is -1.91. The zero-order valence-corrected chi connectivity index (χ0v) is 12.9. The van der Waals surface area contributed by atoms with Crippen LogP contribution in [0.25, 0.3) is 11.3 Å². The normalized spacial score (nSPS) is 10.9. The molecule has 0 aliphatic rings. The van der Waals surface area contributed by atoms with E-state index in [-0.39, 0.29) is 0 Å². The monoisotopic (exact) mass is 286 g/mol. The van der Waals surface area contributed by atoms with Crippen molar-refractivity contribution >= 4 is 0 Å². The minimum atomic E-state index is 0.563. The second-order valence-corrected chi connectivity index (χ2v) is 5.16. The molecule has 0 aliphatic heterocycles. The summed E-state index contributed by atoms with van der Waals surface area (Å²) in [6.07, 6.45) is 1.93. The Labute approximate surface area is 126 Å². The van der Waals surface area contributed by atoms with E-state index in [2.05, 4.69) is 36.1 Å². The second kappa shape index (κ2) is 7.76. The highest BCUT2D eigenvalue weighted by Gasteiger charge is 2.02. The molecule has 4 heteroatoms. The molecular formula is C17H22N2O2. The molecule has 0 atom stereocenters. The van der Waals surface area contributed by atoms with E-state index in [0.717, 1.165) is 23.6 Å². The number of rotatable bonds is 7. The molecule has 0 fully saturated rings. The third kappa shape index (κ3) is 4.85. The van der Waals surface area contributed by atoms with Crippen molar-refractivity contribution in [3.8, 4) is 17.0 Å². The van der Waals surface area contributed by atoms with Gasteiger partial charge in [0.1, 0.15) is 12.4 Å². The summed E-state index contributed by atoms with van der Waals surface area (Å²) in [4.78, 5) is 6.65. The molecule has 0 radical (unpaired) electrons. The fourth-order valence-corrected chi connectivity index (χ4v) is 2.02. The average molecular weight is 286 g/mol. The number of ether oxygens (including phenoxy) is 2. The van der Waals surface area contributed by atoms with Crippen molar-refractivity contribution in [3.63, 3.8) is 0 Å². The van der Waals surface area contributed by atoms with E-state index >= 15 is 0 Å². The lowest BCUT2D eigenvalue weighted by atomic mass is 10.1. The predicted molar refractivity (Wildman–Crippen MR) is 84.4 cm³/mol. The first kappa shape index (κ1) is 15.5. The number of aromatic nitrogens is 1. The van der Waals surface area contributed by atoms with Crippen LogP contribution in [0.4, 0.5) is 0 Å². The molecule has 0 bridgehead atoms. The van der Waals surface area contributed by atoms with E-state index in [9.17, 15) is 0 Å². The van der Waals surface area contributed by atoms with Gasteiger partial charge in [0, 0.05) is 25.4 Å². The summed E-state index contributed by atoms with van der Waals surface area (Å²) in [5.41, 5.74) is 3.27. The van der Waals surface area contributed by atoms with Crippen LogP contribution in [0.1, 0.15) is 5.56 Å². The van der Waals surface area contributed by atoms with Crippen LogP contribution in [0.5, 0.6) is 5.75 Å². The molecule has 2 aromatic rings. The minimum Gasteiger partial charge on any atom is -0.491 e. The standard InChI is InChI=1S/C17H22N2O2/c1-19(2)13-14-4-9-17(18-12-14)15-5-7-16(8-6-15)21-11-10-20-3/h4-9,12H,10-11,13H2,1-3H3. The van der Waals surface area contributed by atoms with E-state index in [1.165, 1.54) is 5.56 Å². The number of nitrogens with zero attached hydrogens (tertiary/aromatic N) is 2. The van der Waals surface area contributed by atoms with Gasteiger partial charge in [0.15, 0.2) is 0 Å². The van der Waals surface area contributed by atoms with Gasteiger partial charge >= 0.3 is 0 Å². The highest BCUT2D eigenvalue weighted by atomic mass is 16.5. The smallest absolute Gasteiger partial charge is 0.119 e. The second-order valence-electron chi connectivity index (χ2n) is 5.16. The van der Waals surface area contributed by atoms with Crippen LogP contribution in [0.15, 0.2) is 42.6 Å². The Morgan fingerprint density at radius 2 is 1.76 bits per heavy atom. The molecule has 0 spiro atoms. The highest BCUT2D eigenvalue weighted by Crippen LogP contribution is 2.21. The van der Waals surface area contributed by atoms with E-state index in [4.69, 9.17) is 9.47 Å². The molecule has 21 heavy (non-hydrogen) atoms. The van der Waals surface area contributed by atoms with Crippen molar-refractivity contribution < 1.29 is 9.47 Å². The van der Waals surface area contributed by atoms with Crippen LogP contribution in [-0.2, 0) is 11.3 Å². The molecule has 1 heterocycles. The first-order chi connectivity index (χ1) is 10.2. The Bertz CT molecular complexity index is 536. The van der Waals surface area contributed by atoms with Gasteiger partial charge in [0.05, 0.1) is 12.3 Å². The molecule has 0 unspecified atom stereocenters. The molecule has 0 aliphatic carbocycles. The van der Waals surface area contributed by atoms with Crippen molar-refractivity contribution in [3.05, 3.63) is 48.2 Å². The van der Waals surface area contributed by atoms with Crippen molar-refractivity contribution in [1.29, 1.82) is 0 Å². The summed E-state index contributed by atoms with van der Waals surface area (Å²) in [6.45, 7) is 2.06. The maximum atomic E-state index is 5.55. The number of hydrogen-bond acceptors (Lipinski definition) is 4. The fourth-order valence-electron chi connectivity index (χ4n) is 2.02. The van der Waals surface area contributed by atoms with Crippen molar-refractivity contribution in [2.45, 2.75) is 6.54 Å². The molecule has 112 valence electrons. The molecular weight excluding hydrogens is 264 g/mol. The largest absolute Gasteiger partial charge is 0.491 e. The van der Waals surface area contributed by atoms with Gasteiger partial charge in [-0.1, -0.05) is 6.07 Å². The Kier molecular flexibility index (Phi) is 5.72. The Morgan fingerprint density at radius 1 is 1.00 bits per heavy atom. The summed E-state index contributed by atoms with van der Waals surface area (Å²) in [5.74, 6) is 0.847. The zero-order chi connectivity index (χ0) is 15.1. The van der Waals surface area contributed by atoms with Gasteiger partial charge in [-0.05, 0) is 50.0 Å². The maximum Gasteiger partial charge on any atom is 0.119 e. The van der Waals surface area contributed by atoms with Crippen molar-refractivity contribution in [2.75, 3.05) is 34.4 Å². The maximum absolute atomic E-state index is 5.55. The summed E-state index contributed by atoms with van der Waals surface area (Å²) >= 11 is 0. The molecule has 1 aromatic carbocycles. The van der Waals surface area contributed by atoms with E-state index in [0.29, 0.717) is 13.2 Å². The molecule has 0 amide bonds. The van der Waals surface area contributed by atoms with Gasteiger partial charge in [-0.25, -0.2) is 0 Å². The summed E-state index contributed by atoms with van der Waals surface area (Å²) in [6, 6.07) is 12.1. The number of methoxy groups -OCH3 is 1. The average Bonchev–Trinajstić information content (AvgIpc) is 2.49. The summed E-state index contributed by atoms with van der Waals surface area (Å²) in [7, 11) is 5.77. The molecule has 0 N–H and O–H groups in total. The van der Waals surface area contributed by atoms with Gasteiger partial charge in [0.2, 0.25) is 0 Å². The lowest BCUT2D eigenvalue weighted by Crippen LogP contribution is -2.10. The molecule has 2 rings (SSSR count). The summed E-state index contributed by atoms with van der Waals surface area (Å²) in [5, 5.41) is 0. The van der Waals surface area contributed by atoms with Crippen LogP contribution in [0.3, 0.4) is 0 Å². The van der Waals surface area contributed by atoms with Crippen molar-refractivity contribution in [2.24, 2.45) is 0 Å².